The predicted octanol–water partition coefficient (Wildman–Crippen LogP) is 3.48. The summed E-state index contributed by atoms with van der Waals surface area (Å²) in [5.41, 5.74) is 0.747. The fourth-order valence-corrected chi connectivity index (χ4v) is 2.83. The molecule has 0 saturated carbocycles. The quantitative estimate of drug-likeness (QED) is 0.896. The number of nitrogens with zero attached hydrogens (tertiary/aromatic N) is 2. The van der Waals surface area contributed by atoms with E-state index in [0.717, 1.165) is 19.4 Å². The molecule has 1 unspecified atom stereocenters. The van der Waals surface area contributed by atoms with Gasteiger partial charge in [0.15, 0.2) is 5.75 Å². The lowest BCUT2D eigenvalue weighted by Crippen LogP contribution is -2.37. The number of hydrogen-bond acceptors (Lipinski definition) is 4. The number of carbonyl (C=O) groups is 1. The molecule has 134 valence electrons. The molecule has 6 nitrogen and oxygen atoms in total. The molecule has 1 saturated heterocycles. The first-order valence-electron chi connectivity index (χ1n) is 8.01. The van der Waals surface area contributed by atoms with Crippen molar-refractivity contribution in [2.24, 2.45) is 0 Å². The Morgan fingerprint density at radius 1 is 1.48 bits per heavy atom. The third-order valence-corrected chi connectivity index (χ3v) is 4.04. The van der Waals surface area contributed by atoms with Gasteiger partial charge in [0.05, 0.1) is 11.8 Å². The van der Waals surface area contributed by atoms with Crippen LogP contribution in [0.5, 0.6) is 5.75 Å². The number of hydrogen-bond donors (Lipinski definition) is 1. The number of anilines is 1. The van der Waals surface area contributed by atoms with E-state index in [0.29, 0.717) is 17.6 Å². The molecule has 1 aliphatic heterocycles. The van der Waals surface area contributed by atoms with Crippen molar-refractivity contribution in [2.45, 2.75) is 25.6 Å². The predicted molar refractivity (Wildman–Crippen MR) is 89.0 cm³/mol. The molecule has 2 amide bonds. The van der Waals surface area contributed by atoms with Crippen LogP contribution in [0.3, 0.4) is 0 Å². The number of fused-ring (bicyclic) bond motifs is 1. The Labute approximate surface area is 143 Å². The number of nitrogens with one attached hydrogen (secondary N) is 1. The molecule has 2 aromatic rings. The van der Waals surface area contributed by atoms with E-state index >= 15 is 0 Å². The van der Waals surface area contributed by atoms with Gasteiger partial charge in [-0.3, -0.25) is 4.98 Å². The molecule has 0 spiro atoms. The third-order valence-electron chi connectivity index (χ3n) is 4.04. The zero-order chi connectivity index (χ0) is 17.8. The molecular formula is C17H19F2N3O3. The monoisotopic (exact) mass is 351 g/mol. The first-order chi connectivity index (χ1) is 12.0. The van der Waals surface area contributed by atoms with Gasteiger partial charge in [-0.2, -0.15) is 8.78 Å². The Bertz CT molecular complexity index is 751. The number of halogens is 2. The van der Waals surface area contributed by atoms with Crippen molar-refractivity contribution >= 4 is 22.6 Å². The summed E-state index contributed by atoms with van der Waals surface area (Å²) in [5.74, 6) is -0.0312. The number of amides is 2. The third kappa shape index (κ3) is 4.14. The Hall–Kier alpha value is -2.48. The number of aromatic nitrogens is 1. The normalized spacial score (nSPS) is 17.0. The summed E-state index contributed by atoms with van der Waals surface area (Å²) >= 11 is 0. The summed E-state index contributed by atoms with van der Waals surface area (Å²) in [4.78, 5) is 18.0. The molecular weight excluding hydrogens is 332 g/mol. The average molecular weight is 351 g/mol. The van der Waals surface area contributed by atoms with Crippen LogP contribution in [0.1, 0.15) is 12.8 Å². The summed E-state index contributed by atoms with van der Waals surface area (Å²) in [6.07, 6.45) is 3.47. The largest absolute Gasteiger partial charge is 0.432 e. The highest BCUT2D eigenvalue weighted by Crippen LogP contribution is 2.31. The summed E-state index contributed by atoms with van der Waals surface area (Å²) in [6, 6.07) is 5.95. The second-order valence-corrected chi connectivity index (χ2v) is 5.84. The maximum absolute atomic E-state index is 12.5. The zero-order valence-electron chi connectivity index (χ0n) is 13.7. The lowest BCUT2D eigenvalue weighted by Gasteiger charge is -2.22. The average Bonchev–Trinajstić information content (AvgIpc) is 3.09. The minimum Gasteiger partial charge on any atom is -0.432 e. The van der Waals surface area contributed by atoms with Crippen molar-refractivity contribution in [2.75, 3.05) is 25.5 Å². The fourth-order valence-electron chi connectivity index (χ4n) is 2.83. The fraction of sp³-hybridized carbons (Fsp3) is 0.412. The first kappa shape index (κ1) is 17.3. The number of urea groups is 1. The Morgan fingerprint density at radius 3 is 3.04 bits per heavy atom. The molecule has 1 N–H and O–H groups in total. The lowest BCUT2D eigenvalue weighted by molar-refractivity contribution is -0.0489. The smallest absolute Gasteiger partial charge is 0.387 e. The number of benzene rings is 1. The Kier molecular flexibility index (Phi) is 5.28. The molecule has 0 bridgehead atoms. The van der Waals surface area contributed by atoms with Gasteiger partial charge in [0.2, 0.25) is 0 Å². The van der Waals surface area contributed by atoms with Crippen LogP contribution in [0.15, 0.2) is 30.5 Å². The van der Waals surface area contributed by atoms with Gasteiger partial charge in [0, 0.05) is 31.8 Å². The van der Waals surface area contributed by atoms with Crippen molar-refractivity contribution in [1.82, 2.24) is 9.88 Å². The van der Waals surface area contributed by atoms with Crippen molar-refractivity contribution in [3.63, 3.8) is 0 Å². The van der Waals surface area contributed by atoms with E-state index in [1.807, 2.05) is 0 Å². The number of rotatable bonds is 5. The van der Waals surface area contributed by atoms with Crippen LogP contribution in [-0.4, -0.2) is 48.8 Å². The van der Waals surface area contributed by atoms with Gasteiger partial charge in [-0.15, -0.1) is 0 Å². The highest BCUT2D eigenvalue weighted by atomic mass is 19.3. The SMILES string of the molecule is CN(CC1CCCO1)C(=O)Nc1ccc(OC(F)F)c2ncccc12. The van der Waals surface area contributed by atoms with Gasteiger partial charge >= 0.3 is 12.6 Å². The molecule has 1 atom stereocenters. The van der Waals surface area contributed by atoms with Crippen LogP contribution in [-0.2, 0) is 4.74 Å². The molecule has 25 heavy (non-hydrogen) atoms. The summed E-state index contributed by atoms with van der Waals surface area (Å²) < 4.78 is 35.1. The molecule has 1 aromatic carbocycles. The maximum Gasteiger partial charge on any atom is 0.387 e. The summed E-state index contributed by atoms with van der Waals surface area (Å²) in [5, 5.41) is 3.31. The number of alkyl halides is 2. The lowest BCUT2D eigenvalue weighted by atomic mass is 10.1. The van der Waals surface area contributed by atoms with Gasteiger partial charge < -0.3 is 19.7 Å². The molecule has 2 heterocycles. The second kappa shape index (κ2) is 7.60. The van der Waals surface area contributed by atoms with Crippen molar-refractivity contribution in [3.05, 3.63) is 30.5 Å². The standard InChI is InChI=1S/C17H19F2N3O3/c1-22(10-11-4-3-9-24-11)17(23)21-13-6-7-14(25-16(18)19)15-12(13)5-2-8-20-15/h2,5-8,11,16H,3-4,9-10H2,1H3,(H,21,23). The minimum atomic E-state index is -2.94. The Balaban J connectivity index is 1.77. The van der Waals surface area contributed by atoms with Crippen molar-refractivity contribution < 1.29 is 23.0 Å². The van der Waals surface area contributed by atoms with Crippen molar-refractivity contribution in [1.29, 1.82) is 0 Å². The maximum atomic E-state index is 12.5. The van der Waals surface area contributed by atoms with E-state index in [4.69, 9.17) is 4.74 Å². The van der Waals surface area contributed by atoms with Crippen LogP contribution >= 0.6 is 0 Å². The van der Waals surface area contributed by atoms with Crippen LogP contribution in [0, 0.1) is 0 Å². The van der Waals surface area contributed by atoms with Crippen molar-refractivity contribution in [3.8, 4) is 5.75 Å². The summed E-state index contributed by atoms with van der Waals surface area (Å²) in [6.45, 7) is -1.72. The zero-order valence-corrected chi connectivity index (χ0v) is 13.7. The molecule has 1 aromatic heterocycles. The van der Waals surface area contributed by atoms with E-state index in [1.165, 1.54) is 18.3 Å². The van der Waals surface area contributed by atoms with Gasteiger partial charge in [0.1, 0.15) is 5.52 Å². The van der Waals surface area contributed by atoms with E-state index in [1.54, 1.807) is 24.1 Å². The number of ether oxygens (including phenoxy) is 2. The first-order valence-corrected chi connectivity index (χ1v) is 8.01. The molecule has 1 aliphatic rings. The highest BCUT2D eigenvalue weighted by molar-refractivity contribution is 6.02. The van der Waals surface area contributed by atoms with Gasteiger partial charge in [0.25, 0.3) is 0 Å². The number of carbonyl (C=O) groups excluding carboxylic acids is 1. The van der Waals surface area contributed by atoms with Crippen LogP contribution in [0.4, 0.5) is 19.3 Å². The van der Waals surface area contributed by atoms with Crippen LogP contribution in [0.2, 0.25) is 0 Å². The minimum absolute atomic E-state index is 0.0312. The topological polar surface area (TPSA) is 63.7 Å². The van der Waals surface area contributed by atoms with E-state index < -0.39 is 6.61 Å². The van der Waals surface area contributed by atoms with E-state index in [9.17, 15) is 13.6 Å². The molecule has 1 fully saturated rings. The second-order valence-electron chi connectivity index (χ2n) is 5.84. The van der Waals surface area contributed by atoms with Gasteiger partial charge in [-0.1, -0.05) is 0 Å². The molecule has 8 heteroatoms. The van der Waals surface area contributed by atoms with E-state index in [-0.39, 0.29) is 23.4 Å². The Morgan fingerprint density at radius 2 is 2.32 bits per heavy atom. The summed E-state index contributed by atoms with van der Waals surface area (Å²) in [7, 11) is 1.69. The molecule has 3 rings (SSSR count). The van der Waals surface area contributed by atoms with Gasteiger partial charge in [-0.25, -0.2) is 4.79 Å². The highest BCUT2D eigenvalue weighted by Gasteiger charge is 2.21. The van der Waals surface area contributed by atoms with Crippen LogP contribution < -0.4 is 10.1 Å². The van der Waals surface area contributed by atoms with E-state index in [2.05, 4.69) is 15.0 Å². The number of pyridine rings is 1. The molecule has 0 aliphatic carbocycles. The molecule has 0 radical (unpaired) electrons. The number of likely N-dealkylation sites (N-methyl/N-ethyl adjacent to an activating group) is 1. The van der Waals surface area contributed by atoms with Crippen LogP contribution in [0.25, 0.3) is 10.9 Å². The van der Waals surface area contributed by atoms with Gasteiger partial charge in [-0.05, 0) is 37.1 Å².